The van der Waals surface area contributed by atoms with E-state index >= 15 is 0 Å². The van der Waals surface area contributed by atoms with Crippen molar-refractivity contribution in [2.24, 2.45) is 5.92 Å². The highest BCUT2D eigenvalue weighted by Gasteiger charge is 2.21. The number of hydrogen-bond donors (Lipinski definition) is 2. The molecule has 1 aliphatic carbocycles. The Kier molecular flexibility index (Phi) is 4.48. The van der Waals surface area contributed by atoms with Crippen LogP contribution in [0.3, 0.4) is 0 Å². The molecular weight excluding hydrogens is 226 g/mol. The van der Waals surface area contributed by atoms with Gasteiger partial charge in [0.15, 0.2) is 0 Å². The molecular formula is C15H23NO2. The first-order valence-corrected chi connectivity index (χ1v) is 6.80. The van der Waals surface area contributed by atoms with Crippen molar-refractivity contribution >= 4 is 0 Å². The average Bonchev–Trinajstić information content (AvgIpc) is 2.91. The van der Waals surface area contributed by atoms with Crippen molar-refractivity contribution in [3.05, 3.63) is 23.8 Å². The molecule has 2 N–H and O–H groups in total. The van der Waals surface area contributed by atoms with Gasteiger partial charge in [0.05, 0.1) is 7.11 Å². The summed E-state index contributed by atoms with van der Waals surface area (Å²) < 4.78 is 5.18. The molecule has 1 aromatic carbocycles. The summed E-state index contributed by atoms with van der Waals surface area (Å²) in [7, 11) is 1.64. The van der Waals surface area contributed by atoms with E-state index in [0.29, 0.717) is 18.3 Å². The minimum absolute atomic E-state index is 0.335. The Morgan fingerprint density at radius 1 is 1.39 bits per heavy atom. The number of nitrogens with one attached hydrogen (secondary N) is 1. The van der Waals surface area contributed by atoms with Crippen LogP contribution < -0.4 is 10.1 Å². The third-order valence-electron chi connectivity index (χ3n) is 4.01. The summed E-state index contributed by atoms with van der Waals surface area (Å²) in [6, 6.07) is 5.87. The van der Waals surface area contributed by atoms with Crippen molar-refractivity contribution in [3.8, 4) is 11.5 Å². The first-order chi connectivity index (χ1) is 8.70. The molecule has 0 amide bonds. The van der Waals surface area contributed by atoms with Gasteiger partial charge in [0.25, 0.3) is 0 Å². The summed E-state index contributed by atoms with van der Waals surface area (Å²) in [6.45, 7) is 2.94. The maximum absolute atomic E-state index is 9.81. The number of aromatic hydroxyl groups is 1. The van der Waals surface area contributed by atoms with Crippen molar-refractivity contribution in [1.82, 2.24) is 5.32 Å². The fraction of sp³-hybridized carbons (Fsp3) is 0.600. The van der Waals surface area contributed by atoms with Gasteiger partial charge in [-0.3, -0.25) is 0 Å². The molecule has 3 nitrogen and oxygen atoms in total. The predicted molar refractivity (Wildman–Crippen MR) is 72.9 cm³/mol. The van der Waals surface area contributed by atoms with E-state index in [0.717, 1.165) is 17.2 Å². The number of phenolic OH excluding ortho intramolecular Hbond substituents is 1. The van der Waals surface area contributed by atoms with E-state index in [2.05, 4.69) is 12.2 Å². The summed E-state index contributed by atoms with van der Waals surface area (Å²) in [5, 5.41) is 13.3. The van der Waals surface area contributed by atoms with E-state index in [1.165, 1.54) is 25.7 Å². The van der Waals surface area contributed by atoms with Crippen LogP contribution in [0.15, 0.2) is 18.2 Å². The molecule has 0 aliphatic heterocycles. The first-order valence-electron chi connectivity index (χ1n) is 6.80. The summed E-state index contributed by atoms with van der Waals surface area (Å²) in [5.41, 5.74) is 0.902. The standard InChI is InChI=1S/C15H23NO2/c1-11(12-5-3-4-6-12)16-10-13-9-14(18-2)7-8-15(13)17/h7-9,11-12,16-17H,3-6,10H2,1-2H3/t11-/m1/s1. The Morgan fingerprint density at radius 3 is 2.78 bits per heavy atom. The number of hydrogen-bond acceptors (Lipinski definition) is 3. The van der Waals surface area contributed by atoms with Gasteiger partial charge in [-0.25, -0.2) is 0 Å². The van der Waals surface area contributed by atoms with Crippen molar-refractivity contribution in [3.63, 3.8) is 0 Å². The molecule has 0 unspecified atom stereocenters. The number of rotatable bonds is 5. The fourth-order valence-electron chi connectivity index (χ4n) is 2.73. The lowest BCUT2D eigenvalue weighted by atomic mass is 9.99. The molecule has 0 aromatic heterocycles. The van der Waals surface area contributed by atoms with Gasteiger partial charge < -0.3 is 15.2 Å². The van der Waals surface area contributed by atoms with E-state index in [1.54, 1.807) is 19.2 Å². The molecule has 0 heterocycles. The lowest BCUT2D eigenvalue weighted by Gasteiger charge is -2.20. The molecule has 1 saturated carbocycles. The third-order valence-corrected chi connectivity index (χ3v) is 4.01. The van der Waals surface area contributed by atoms with Gasteiger partial charge in [-0.15, -0.1) is 0 Å². The average molecular weight is 249 g/mol. The normalized spacial score (nSPS) is 17.9. The van der Waals surface area contributed by atoms with Crippen molar-refractivity contribution in [2.45, 2.75) is 45.2 Å². The SMILES string of the molecule is COc1ccc(O)c(CN[C@H](C)C2CCCC2)c1. The molecule has 1 fully saturated rings. The Labute approximate surface area is 109 Å². The zero-order chi connectivity index (χ0) is 13.0. The van der Waals surface area contributed by atoms with Gasteiger partial charge >= 0.3 is 0 Å². The van der Waals surface area contributed by atoms with Crippen LogP contribution in [0.5, 0.6) is 11.5 Å². The predicted octanol–water partition coefficient (Wildman–Crippen LogP) is 3.07. The summed E-state index contributed by atoms with van der Waals surface area (Å²) in [5.74, 6) is 1.91. The largest absolute Gasteiger partial charge is 0.508 e. The molecule has 0 spiro atoms. The summed E-state index contributed by atoms with van der Waals surface area (Å²) in [6.07, 6.45) is 5.39. The second kappa shape index (κ2) is 6.10. The van der Waals surface area contributed by atoms with Crippen LogP contribution >= 0.6 is 0 Å². The molecule has 0 bridgehead atoms. The van der Waals surface area contributed by atoms with Crippen LogP contribution in [0.25, 0.3) is 0 Å². The van der Waals surface area contributed by atoms with Crippen LogP contribution in [-0.4, -0.2) is 18.3 Å². The molecule has 0 radical (unpaired) electrons. The highest BCUT2D eigenvalue weighted by Crippen LogP contribution is 2.28. The van der Waals surface area contributed by atoms with Gasteiger partial charge in [-0.2, -0.15) is 0 Å². The lowest BCUT2D eigenvalue weighted by Crippen LogP contribution is -2.31. The maximum Gasteiger partial charge on any atom is 0.120 e. The van der Waals surface area contributed by atoms with Gasteiger partial charge in [0.1, 0.15) is 11.5 Å². The number of methoxy groups -OCH3 is 1. The highest BCUT2D eigenvalue weighted by atomic mass is 16.5. The van der Waals surface area contributed by atoms with E-state index in [4.69, 9.17) is 4.74 Å². The molecule has 1 atom stereocenters. The molecule has 1 aliphatic rings. The molecule has 2 rings (SSSR count). The van der Waals surface area contributed by atoms with E-state index in [9.17, 15) is 5.11 Å². The van der Waals surface area contributed by atoms with E-state index < -0.39 is 0 Å². The Hall–Kier alpha value is -1.22. The molecule has 100 valence electrons. The van der Waals surface area contributed by atoms with Gasteiger partial charge in [-0.1, -0.05) is 12.8 Å². The molecule has 0 saturated heterocycles. The van der Waals surface area contributed by atoms with Crippen LogP contribution in [-0.2, 0) is 6.54 Å². The number of benzene rings is 1. The van der Waals surface area contributed by atoms with Crippen molar-refractivity contribution in [1.29, 1.82) is 0 Å². The first kappa shape index (κ1) is 13.2. The monoisotopic (exact) mass is 249 g/mol. The van der Waals surface area contributed by atoms with Crippen LogP contribution in [0, 0.1) is 5.92 Å². The zero-order valence-electron chi connectivity index (χ0n) is 11.3. The summed E-state index contributed by atoms with van der Waals surface area (Å²) in [4.78, 5) is 0. The Balaban J connectivity index is 1.92. The van der Waals surface area contributed by atoms with Crippen LogP contribution in [0.2, 0.25) is 0 Å². The number of phenols is 1. The van der Waals surface area contributed by atoms with Gasteiger partial charge in [0.2, 0.25) is 0 Å². The van der Waals surface area contributed by atoms with Crippen molar-refractivity contribution < 1.29 is 9.84 Å². The second-order valence-electron chi connectivity index (χ2n) is 5.21. The third kappa shape index (κ3) is 3.16. The van der Waals surface area contributed by atoms with Crippen LogP contribution in [0.1, 0.15) is 38.2 Å². The topological polar surface area (TPSA) is 41.5 Å². The highest BCUT2D eigenvalue weighted by molar-refractivity contribution is 5.39. The van der Waals surface area contributed by atoms with Crippen molar-refractivity contribution in [2.75, 3.05) is 7.11 Å². The van der Waals surface area contributed by atoms with Crippen LogP contribution in [0.4, 0.5) is 0 Å². The summed E-state index contributed by atoms with van der Waals surface area (Å²) >= 11 is 0. The Morgan fingerprint density at radius 2 is 2.11 bits per heavy atom. The molecule has 18 heavy (non-hydrogen) atoms. The Bertz CT molecular complexity index is 386. The van der Waals surface area contributed by atoms with Gasteiger partial charge in [-0.05, 0) is 43.9 Å². The maximum atomic E-state index is 9.81. The molecule has 3 heteroatoms. The minimum atomic E-state index is 0.335. The van der Waals surface area contributed by atoms with E-state index in [1.807, 2.05) is 6.07 Å². The fourth-order valence-corrected chi connectivity index (χ4v) is 2.73. The van der Waals surface area contributed by atoms with E-state index in [-0.39, 0.29) is 0 Å². The number of ether oxygens (including phenoxy) is 1. The van der Waals surface area contributed by atoms with Gasteiger partial charge in [0, 0.05) is 18.2 Å². The minimum Gasteiger partial charge on any atom is -0.508 e. The molecule has 1 aromatic rings. The zero-order valence-corrected chi connectivity index (χ0v) is 11.3. The second-order valence-corrected chi connectivity index (χ2v) is 5.21. The smallest absolute Gasteiger partial charge is 0.120 e. The lowest BCUT2D eigenvalue weighted by molar-refractivity contribution is 0.374. The quantitative estimate of drug-likeness (QED) is 0.842.